The highest BCUT2D eigenvalue weighted by Gasteiger charge is 2.19. The van der Waals surface area contributed by atoms with Crippen molar-refractivity contribution in [3.63, 3.8) is 0 Å². The summed E-state index contributed by atoms with van der Waals surface area (Å²) in [4.78, 5) is 25.9. The molecular weight excluding hydrogens is 268 g/mol. The zero-order chi connectivity index (χ0) is 15.1. The van der Waals surface area contributed by atoms with Gasteiger partial charge in [-0.3, -0.25) is 9.59 Å². The van der Waals surface area contributed by atoms with Crippen LogP contribution in [0.1, 0.15) is 40.0 Å². The third kappa shape index (κ3) is 4.29. The number of benzene rings is 1. The summed E-state index contributed by atoms with van der Waals surface area (Å²) in [6.07, 6.45) is 2.94. The minimum atomic E-state index is -0.119. The van der Waals surface area contributed by atoms with Gasteiger partial charge in [0.05, 0.1) is 0 Å². The van der Waals surface area contributed by atoms with Crippen LogP contribution >= 0.6 is 0 Å². The number of rotatable bonds is 6. The van der Waals surface area contributed by atoms with Crippen LogP contribution in [0.4, 0.5) is 0 Å². The molecule has 0 unspecified atom stereocenters. The Balaban J connectivity index is 1.88. The summed E-state index contributed by atoms with van der Waals surface area (Å²) in [5.41, 5.74) is 1.22. The van der Waals surface area contributed by atoms with Gasteiger partial charge in [-0.1, -0.05) is 0 Å². The van der Waals surface area contributed by atoms with Gasteiger partial charge in [-0.2, -0.15) is 0 Å². The normalized spacial score (nSPS) is 14.2. The molecule has 1 aliphatic rings. The van der Waals surface area contributed by atoms with Crippen LogP contribution in [0.5, 0.6) is 0 Å². The standard InChI is InChI=1S/C16H22N2O3/c1-21-12-4-9-17-15(19)13-5-7-14(8-6-13)16(20)18-10-2-3-11-18/h5-8H,2-4,9-12H2,1H3,(H,17,19). The first-order valence-electron chi connectivity index (χ1n) is 7.39. The number of carbonyl (C=O) groups is 2. The van der Waals surface area contributed by atoms with E-state index in [-0.39, 0.29) is 11.8 Å². The fraction of sp³-hybridized carbons (Fsp3) is 0.500. The lowest BCUT2D eigenvalue weighted by Gasteiger charge is -2.15. The summed E-state index contributed by atoms with van der Waals surface area (Å²) in [5, 5.41) is 2.82. The first-order chi connectivity index (χ1) is 10.2. The van der Waals surface area contributed by atoms with Gasteiger partial charge in [-0.25, -0.2) is 0 Å². The second kappa shape index (κ2) is 7.78. The van der Waals surface area contributed by atoms with E-state index in [9.17, 15) is 9.59 Å². The molecule has 5 heteroatoms. The van der Waals surface area contributed by atoms with E-state index >= 15 is 0 Å². The molecule has 1 heterocycles. The van der Waals surface area contributed by atoms with E-state index in [1.165, 1.54) is 0 Å². The van der Waals surface area contributed by atoms with E-state index in [4.69, 9.17) is 4.74 Å². The molecule has 0 saturated carbocycles. The summed E-state index contributed by atoms with van der Waals surface area (Å²) in [5.74, 6) is -0.0640. The Morgan fingerprint density at radius 2 is 1.76 bits per heavy atom. The molecule has 1 aromatic rings. The van der Waals surface area contributed by atoms with E-state index in [1.807, 2.05) is 4.90 Å². The molecule has 2 amide bonds. The van der Waals surface area contributed by atoms with E-state index in [0.717, 1.165) is 32.4 Å². The van der Waals surface area contributed by atoms with Crippen LogP contribution in [0.3, 0.4) is 0 Å². The molecule has 0 spiro atoms. The molecule has 114 valence electrons. The Kier molecular flexibility index (Phi) is 5.75. The first kappa shape index (κ1) is 15.5. The summed E-state index contributed by atoms with van der Waals surface area (Å²) >= 11 is 0. The summed E-state index contributed by atoms with van der Waals surface area (Å²) in [6.45, 7) is 2.88. The van der Waals surface area contributed by atoms with Gasteiger partial charge in [-0.05, 0) is 43.5 Å². The summed E-state index contributed by atoms with van der Waals surface area (Å²) < 4.78 is 4.93. The third-order valence-electron chi connectivity index (χ3n) is 3.60. The number of ether oxygens (including phenoxy) is 1. The molecular formula is C16H22N2O3. The maximum absolute atomic E-state index is 12.2. The van der Waals surface area contributed by atoms with Crippen LogP contribution < -0.4 is 5.32 Å². The van der Waals surface area contributed by atoms with Gasteiger partial charge in [0.15, 0.2) is 0 Å². The van der Waals surface area contributed by atoms with E-state index in [0.29, 0.717) is 24.3 Å². The quantitative estimate of drug-likeness (QED) is 0.811. The van der Waals surface area contributed by atoms with Crippen molar-refractivity contribution in [1.82, 2.24) is 10.2 Å². The molecule has 0 bridgehead atoms. The molecule has 2 rings (SSSR count). The predicted octanol–water partition coefficient (Wildman–Crippen LogP) is 1.69. The minimum Gasteiger partial charge on any atom is -0.385 e. The van der Waals surface area contributed by atoms with Gasteiger partial charge in [-0.15, -0.1) is 0 Å². The molecule has 1 aliphatic heterocycles. The highest BCUT2D eigenvalue weighted by atomic mass is 16.5. The van der Waals surface area contributed by atoms with Gasteiger partial charge >= 0.3 is 0 Å². The Labute approximate surface area is 125 Å². The molecule has 1 saturated heterocycles. The van der Waals surface area contributed by atoms with Gasteiger partial charge < -0.3 is 15.0 Å². The molecule has 0 aromatic heterocycles. The molecule has 5 nitrogen and oxygen atoms in total. The monoisotopic (exact) mass is 290 g/mol. The van der Waals surface area contributed by atoms with Crippen molar-refractivity contribution in [2.45, 2.75) is 19.3 Å². The SMILES string of the molecule is COCCCNC(=O)c1ccc(C(=O)N2CCCC2)cc1. The van der Waals surface area contributed by atoms with Crippen molar-refractivity contribution in [3.05, 3.63) is 35.4 Å². The fourth-order valence-electron chi connectivity index (χ4n) is 2.39. The zero-order valence-electron chi connectivity index (χ0n) is 12.4. The van der Waals surface area contributed by atoms with Crippen molar-refractivity contribution in [2.24, 2.45) is 0 Å². The second-order valence-corrected chi connectivity index (χ2v) is 5.18. The van der Waals surface area contributed by atoms with Crippen LogP contribution in [0.15, 0.2) is 24.3 Å². The Hall–Kier alpha value is -1.88. The minimum absolute atomic E-state index is 0.0551. The fourth-order valence-corrected chi connectivity index (χ4v) is 2.39. The molecule has 0 radical (unpaired) electrons. The maximum Gasteiger partial charge on any atom is 0.253 e. The van der Waals surface area contributed by atoms with Crippen molar-refractivity contribution in [2.75, 3.05) is 33.4 Å². The third-order valence-corrected chi connectivity index (χ3v) is 3.60. The van der Waals surface area contributed by atoms with Crippen LogP contribution in [-0.4, -0.2) is 50.1 Å². The molecule has 0 atom stereocenters. The first-order valence-corrected chi connectivity index (χ1v) is 7.39. The van der Waals surface area contributed by atoms with Crippen molar-refractivity contribution < 1.29 is 14.3 Å². The van der Waals surface area contributed by atoms with Gasteiger partial charge in [0.2, 0.25) is 0 Å². The number of hydrogen-bond acceptors (Lipinski definition) is 3. The topological polar surface area (TPSA) is 58.6 Å². The highest BCUT2D eigenvalue weighted by Crippen LogP contribution is 2.13. The molecule has 1 N–H and O–H groups in total. The Morgan fingerprint density at radius 3 is 2.38 bits per heavy atom. The van der Waals surface area contributed by atoms with Crippen LogP contribution in [0.25, 0.3) is 0 Å². The van der Waals surface area contributed by atoms with Crippen LogP contribution in [0.2, 0.25) is 0 Å². The smallest absolute Gasteiger partial charge is 0.253 e. The summed E-state index contributed by atoms with van der Waals surface area (Å²) in [6, 6.07) is 6.86. The predicted molar refractivity (Wildman–Crippen MR) is 80.4 cm³/mol. The highest BCUT2D eigenvalue weighted by molar-refractivity contribution is 5.97. The number of amides is 2. The summed E-state index contributed by atoms with van der Waals surface area (Å²) in [7, 11) is 1.64. The van der Waals surface area contributed by atoms with Crippen LogP contribution in [0, 0.1) is 0 Å². The lowest BCUT2D eigenvalue weighted by atomic mass is 10.1. The van der Waals surface area contributed by atoms with Crippen LogP contribution in [-0.2, 0) is 4.74 Å². The number of nitrogens with one attached hydrogen (secondary N) is 1. The average molecular weight is 290 g/mol. The van der Waals surface area contributed by atoms with E-state index in [2.05, 4.69) is 5.32 Å². The van der Waals surface area contributed by atoms with Crippen molar-refractivity contribution in [1.29, 1.82) is 0 Å². The zero-order valence-corrected chi connectivity index (χ0v) is 12.4. The van der Waals surface area contributed by atoms with E-state index < -0.39 is 0 Å². The van der Waals surface area contributed by atoms with Crippen molar-refractivity contribution >= 4 is 11.8 Å². The Morgan fingerprint density at radius 1 is 1.14 bits per heavy atom. The molecule has 1 aromatic carbocycles. The lowest BCUT2D eigenvalue weighted by molar-refractivity contribution is 0.0792. The number of methoxy groups -OCH3 is 1. The van der Waals surface area contributed by atoms with Gasteiger partial charge in [0.25, 0.3) is 11.8 Å². The second-order valence-electron chi connectivity index (χ2n) is 5.18. The number of hydrogen-bond donors (Lipinski definition) is 1. The lowest BCUT2D eigenvalue weighted by Crippen LogP contribution is -2.28. The number of nitrogens with zero attached hydrogens (tertiary/aromatic N) is 1. The average Bonchev–Trinajstić information content (AvgIpc) is 3.05. The molecule has 21 heavy (non-hydrogen) atoms. The number of likely N-dealkylation sites (tertiary alicyclic amines) is 1. The maximum atomic E-state index is 12.2. The largest absolute Gasteiger partial charge is 0.385 e. The van der Waals surface area contributed by atoms with Gasteiger partial charge in [0, 0.05) is 44.5 Å². The number of carbonyl (C=O) groups excluding carboxylic acids is 2. The van der Waals surface area contributed by atoms with E-state index in [1.54, 1.807) is 31.4 Å². The molecule has 1 fully saturated rings. The molecule has 0 aliphatic carbocycles. The van der Waals surface area contributed by atoms with Gasteiger partial charge in [0.1, 0.15) is 0 Å². The van der Waals surface area contributed by atoms with Crippen molar-refractivity contribution in [3.8, 4) is 0 Å². The Bertz CT molecular complexity index is 479.